The van der Waals surface area contributed by atoms with Crippen LogP contribution in [0.2, 0.25) is 0 Å². The number of aromatic nitrogens is 1. The Morgan fingerprint density at radius 1 is 0.478 bits per heavy atom. The second-order valence-corrected chi connectivity index (χ2v) is 19.2. The average molecular weight is 885 g/mol. The van der Waals surface area contributed by atoms with Gasteiger partial charge in [0.1, 0.15) is 11.2 Å². The molecule has 2 aromatic heterocycles. The van der Waals surface area contributed by atoms with Gasteiger partial charge in [0, 0.05) is 66.7 Å². The summed E-state index contributed by atoms with van der Waals surface area (Å²) in [4.78, 5) is 2.36. The van der Waals surface area contributed by atoms with Gasteiger partial charge in [-0.3, -0.25) is 0 Å². The normalized spacial score (nSPS) is 12.1. The van der Waals surface area contributed by atoms with E-state index in [-0.39, 0.29) is 5.41 Å². The Morgan fingerprint density at radius 2 is 1.12 bits per heavy atom. The summed E-state index contributed by atoms with van der Waals surface area (Å²) in [5.74, 6) is 0. The van der Waals surface area contributed by atoms with Gasteiger partial charge in [0.15, 0.2) is 7.28 Å². The van der Waals surface area contributed by atoms with E-state index in [0.717, 1.165) is 83.6 Å². The fourth-order valence-electron chi connectivity index (χ4n) is 10.7. The Hall–Kier alpha value is -8.54. The minimum absolute atomic E-state index is 0.0344. The third kappa shape index (κ3) is 6.84. The van der Waals surface area contributed by atoms with Gasteiger partial charge >= 0.3 is 0 Å². The van der Waals surface area contributed by atoms with Crippen LogP contribution < -0.4 is 21.1 Å². The quantitative estimate of drug-likeness (QED) is 0.154. The lowest BCUT2D eigenvalue weighted by molar-refractivity contribution is 0.590. The molecule has 0 fully saturated rings. The second kappa shape index (κ2) is 16.1. The smallest absolute Gasteiger partial charge is 0.198 e. The maximum Gasteiger partial charge on any atom is 0.198 e. The summed E-state index contributed by atoms with van der Waals surface area (Å²) in [6.45, 7) is 6.79. The third-order valence-electron chi connectivity index (χ3n) is 14.0. The standard InChI is InChI=1S/C64H47BN3O/c1-64(2,3)42-31-33-43(34-32-42)66-56-36-35-46(67(44-21-9-5-10-22-44)45-23-11-6-12-24-45)37-51(56)54-38-53(48-26-14-13-25-47(48)41-19-7-4-8-20-41)61-50-28-15-17-29-57(50)68-58-39-52-49-27-16-18-30-59(49)69-60(52)40-55(58)65-62(54)63(61)68/h4-40,66H,1-3H3. The van der Waals surface area contributed by atoms with Crippen molar-refractivity contribution in [3.63, 3.8) is 0 Å². The van der Waals surface area contributed by atoms with E-state index in [0.29, 0.717) is 0 Å². The van der Waals surface area contributed by atoms with Gasteiger partial charge in [0.2, 0.25) is 0 Å². The second-order valence-electron chi connectivity index (χ2n) is 19.2. The number of benzene rings is 10. The SMILES string of the molecule is CC(C)(C)c1ccc(Nc2ccc(N(c3ccccc3)c3ccccc3)cc2-c2cc(-c3ccccc3-c3ccccc3)c3c4ccccc4n4c3c2[B]c2cc3oc5ccccc5c3cc2-4)cc1. The van der Waals surface area contributed by atoms with E-state index in [1.807, 2.05) is 6.07 Å². The molecule has 0 aliphatic carbocycles. The number of anilines is 5. The van der Waals surface area contributed by atoms with Gasteiger partial charge in [0.25, 0.3) is 0 Å². The highest BCUT2D eigenvalue weighted by Crippen LogP contribution is 2.47. The molecule has 1 aliphatic heterocycles. The molecule has 10 aromatic carbocycles. The first-order valence-electron chi connectivity index (χ1n) is 23.8. The van der Waals surface area contributed by atoms with Crippen LogP contribution in [0.15, 0.2) is 229 Å². The predicted octanol–water partition coefficient (Wildman–Crippen LogP) is 16.2. The van der Waals surface area contributed by atoms with Gasteiger partial charge in [-0.1, -0.05) is 166 Å². The summed E-state index contributed by atoms with van der Waals surface area (Å²) in [6, 6.07) is 81.3. The van der Waals surface area contributed by atoms with Crippen molar-refractivity contribution in [3.8, 4) is 39.1 Å². The first-order valence-corrected chi connectivity index (χ1v) is 23.8. The molecule has 0 saturated heterocycles. The van der Waals surface area contributed by atoms with E-state index in [9.17, 15) is 0 Å². The van der Waals surface area contributed by atoms with Gasteiger partial charge in [-0.25, -0.2) is 0 Å². The summed E-state index contributed by atoms with van der Waals surface area (Å²) in [7, 11) is 2.41. The number of nitrogens with one attached hydrogen (secondary N) is 1. The summed E-state index contributed by atoms with van der Waals surface area (Å²) in [6.07, 6.45) is 0. The molecule has 69 heavy (non-hydrogen) atoms. The van der Waals surface area contributed by atoms with Crippen LogP contribution >= 0.6 is 0 Å². The summed E-state index contributed by atoms with van der Waals surface area (Å²) >= 11 is 0. The minimum atomic E-state index is 0.0344. The largest absolute Gasteiger partial charge is 0.456 e. The molecular weight excluding hydrogens is 838 g/mol. The molecule has 0 saturated carbocycles. The number of furan rings is 1. The molecule has 327 valence electrons. The molecule has 5 heteroatoms. The van der Waals surface area contributed by atoms with Gasteiger partial charge < -0.3 is 19.2 Å². The number of para-hydroxylation sites is 4. The molecule has 1 N–H and O–H groups in total. The zero-order valence-corrected chi connectivity index (χ0v) is 38.7. The monoisotopic (exact) mass is 884 g/mol. The summed E-state index contributed by atoms with van der Waals surface area (Å²) < 4.78 is 9.12. The number of fused-ring (bicyclic) bond motifs is 8. The Bertz CT molecular complexity index is 3880. The Morgan fingerprint density at radius 3 is 1.84 bits per heavy atom. The molecule has 4 nitrogen and oxygen atoms in total. The van der Waals surface area contributed by atoms with Crippen LogP contribution in [-0.2, 0) is 5.41 Å². The van der Waals surface area contributed by atoms with Crippen molar-refractivity contribution < 1.29 is 4.42 Å². The molecule has 12 aromatic rings. The molecule has 1 aliphatic rings. The van der Waals surface area contributed by atoms with Crippen LogP contribution in [0.5, 0.6) is 0 Å². The minimum Gasteiger partial charge on any atom is -0.456 e. The van der Waals surface area contributed by atoms with Gasteiger partial charge in [-0.2, -0.15) is 0 Å². The van der Waals surface area contributed by atoms with Crippen molar-refractivity contribution in [3.05, 3.63) is 230 Å². The molecular formula is C64H47BN3O. The number of hydrogen-bond donors (Lipinski definition) is 1. The van der Waals surface area contributed by atoms with E-state index >= 15 is 0 Å². The molecule has 0 atom stereocenters. The third-order valence-corrected chi connectivity index (χ3v) is 14.0. The highest BCUT2D eigenvalue weighted by Gasteiger charge is 2.31. The molecule has 0 bridgehead atoms. The van der Waals surface area contributed by atoms with E-state index in [2.05, 4.69) is 261 Å². The number of rotatable bonds is 8. The van der Waals surface area contributed by atoms with Gasteiger partial charge in [-0.15, -0.1) is 0 Å². The molecule has 3 heterocycles. The van der Waals surface area contributed by atoms with Crippen molar-refractivity contribution in [2.45, 2.75) is 26.2 Å². The average Bonchev–Trinajstić information content (AvgIpc) is 3.93. The van der Waals surface area contributed by atoms with Gasteiger partial charge in [-0.05, 0) is 129 Å². The fourth-order valence-corrected chi connectivity index (χ4v) is 10.7. The lowest BCUT2D eigenvalue weighted by atomic mass is 9.58. The number of nitrogens with zero attached hydrogens (tertiary/aromatic N) is 2. The maximum atomic E-state index is 6.59. The predicted molar refractivity (Wildman–Crippen MR) is 292 cm³/mol. The molecule has 1 radical (unpaired) electrons. The van der Waals surface area contributed by atoms with E-state index in [1.54, 1.807) is 0 Å². The lowest BCUT2D eigenvalue weighted by Crippen LogP contribution is -2.37. The van der Waals surface area contributed by atoms with Crippen LogP contribution in [-0.4, -0.2) is 11.8 Å². The zero-order valence-electron chi connectivity index (χ0n) is 38.7. The Balaban J connectivity index is 1.15. The van der Waals surface area contributed by atoms with E-state index in [4.69, 9.17) is 4.42 Å². The highest BCUT2D eigenvalue weighted by molar-refractivity contribution is 6.74. The highest BCUT2D eigenvalue weighted by atomic mass is 16.3. The molecule has 0 spiro atoms. The molecule has 13 rings (SSSR count). The zero-order chi connectivity index (χ0) is 46.2. The Labute approximate surface area is 403 Å². The maximum absolute atomic E-state index is 6.59. The van der Waals surface area contributed by atoms with Crippen molar-refractivity contribution in [2.75, 3.05) is 10.2 Å². The van der Waals surface area contributed by atoms with Crippen molar-refractivity contribution in [1.29, 1.82) is 0 Å². The van der Waals surface area contributed by atoms with Crippen LogP contribution in [0.4, 0.5) is 28.4 Å². The summed E-state index contributed by atoms with van der Waals surface area (Å²) in [5.41, 5.74) is 21.0. The van der Waals surface area contributed by atoms with Crippen LogP contribution in [0, 0.1) is 0 Å². The van der Waals surface area contributed by atoms with Crippen molar-refractivity contribution >= 4 is 90.4 Å². The van der Waals surface area contributed by atoms with Crippen LogP contribution in [0.25, 0.3) is 82.8 Å². The van der Waals surface area contributed by atoms with E-state index in [1.165, 1.54) is 44.1 Å². The van der Waals surface area contributed by atoms with Gasteiger partial charge in [0.05, 0.1) is 5.52 Å². The summed E-state index contributed by atoms with van der Waals surface area (Å²) in [5, 5.41) is 8.61. The molecule has 0 unspecified atom stereocenters. The number of hydrogen-bond acceptors (Lipinski definition) is 3. The first-order chi connectivity index (χ1) is 33.9. The van der Waals surface area contributed by atoms with Crippen LogP contribution in [0.1, 0.15) is 26.3 Å². The fraction of sp³-hybridized carbons (Fsp3) is 0.0625. The van der Waals surface area contributed by atoms with Crippen LogP contribution in [0.3, 0.4) is 0 Å². The first kappa shape index (κ1) is 40.7. The van der Waals surface area contributed by atoms with E-state index < -0.39 is 0 Å². The molecule has 0 amide bonds. The van der Waals surface area contributed by atoms with Crippen molar-refractivity contribution in [2.24, 2.45) is 0 Å². The van der Waals surface area contributed by atoms with Crippen molar-refractivity contribution in [1.82, 2.24) is 4.57 Å². The lowest BCUT2D eigenvalue weighted by Gasteiger charge is -2.28. The topological polar surface area (TPSA) is 33.3 Å². The Kier molecular flexibility index (Phi) is 9.48.